The van der Waals surface area contributed by atoms with E-state index < -0.39 is 5.54 Å². The number of ether oxygens (including phenoxy) is 1. The molecule has 2 N–H and O–H groups in total. The van der Waals surface area contributed by atoms with Crippen molar-refractivity contribution in [2.45, 2.75) is 25.3 Å². The molecule has 1 aromatic rings. The molecule has 2 fully saturated rings. The third-order valence-corrected chi connectivity index (χ3v) is 5.24. The van der Waals surface area contributed by atoms with Gasteiger partial charge >= 0.3 is 12.0 Å². The highest BCUT2D eigenvalue weighted by atomic mass is 16.5. The highest BCUT2D eigenvalue weighted by Crippen LogP contribution is 2.28. The molecule has 0 unspecified atom stereocenters. The molecular formula is C18H24N3O4+. The van der Waals surface area contributed by atoms with Crippen molar-refractivity contribution in [3.8, 4) is 0 Å². The largest absolute Gasteiger partial charge is 0.469 e. The summed E-state index contributed by atoms with van der Waals surface area (Å²) in [7, 11) is 1.40. The standard InChI is InChI=1S/C18H23N3O4/c1-18(14-6-4-3-5-7-14)16(23)21(17(24)19-18)12-20-10-8-13(9-11-20)15(22)25-2/h3-7,13H,8-12H2,1-2H3,(H,19,24)/p+1/t18-/m0/s1. The van der Waals surface area contributed by atoms with Crippen LogP contribution in [0.2, 0.25) is 0 Å². The number of nitrogens with one attached hydrogen (secondary N) is 2. The van der Waals surface area contributed by atoms with E-state index in [9.17, 15) is 14.4 Å². The topological polar surface area (TPSA) is 80.2 Å². The van der Waals surface area contributed by atoms with Crippen LogP contribution in [0.1, 0.15) is 25.3 Å². The molecule has 0 aromatic heterocycles. The molecule has 0 radical (unpaired) electrons. The van der Waals surface area contributed by atoms with Crippen LogP contribution in [0.5, 0.6) is 0 Å². The van der Waals surface area contributed by atoms with Gasteiger partial charge in [0, 0.05) is 12.8 Å². The fraction of sp³-hybridized carbons (Fsp3) is 0.500. The first-order valence-electron chi connectivity index (χ1n) is 8.56. The third-order valence-electron chi connectivity index (χ3n) is 5.24. The highest BCUT2D eigenvalue weighted by molar-refractivity contribution is 6.07. The van der Waals surface area contributed by atoms with Crippen molar-refractivity contribution in [2.75, 3.05) is 26.9 Å². The molecule has 3 amide bonds. The van der Waals surface area contributed by atoms with E-state index in [1.165, 1.54) is 12.0 Å². The number of urea groups is 1. The first-order chi connectivity index (χ1) is 12.0. The summed E-state index contributed by atoms with van der Waals surface area (Å²) in [5.74, 6) is -0.483. The van der Waals surface area contributed by atoms with Gasteiger partial charge in [0.25, 0.3) is 5.91 Å². The van der Waals surface area contributed by atoms with Gasteiger partial charge in [-0.05, 0) is 12.5 Å². The lowest BCUT2D eigenvalue weighted by Crippen LogP contribution is -3.14. The number of amides is 3. The van der Waals surface area contributed by atoms with Gasteiger partial charge in [0.15, 0.2) is 6.67 Å². The molecule has 0 bridgehead atoms. The highest BCUT2D eigenvalue weighted by Gasteiger charge is 2.50. The van der Waals surface area contributed by atoms with E-state index in [2.05, 4.69) is 5.32 Å². The summed E-state index contributed by atoms with van der Waals surface area (Å²) in [4.78, 5) is 39.3. The number of rotatable bonds is 4. The van der Waals surface area contributed by atoms with E-state index in [1.807, 2.05) is 30.3 Å². The van der Waals surface area contributed by atoms with Crippen LogP contribution < -0.4 is 10.2 Å². The maximum Gasteiger partial charge on any atom is 0.329 e. The number of hydrogen-bond acceptors (Lipinski definition) is 4. The SMILES string of the molecule is COC(=O)C1CC[NH+](CN2C(=O)N[C@@](C)(c3ccccc3)C2=O)CC1. The molecule has 0 aliphatic carbocycles. The molecule has 0 saturated carbocycles. The van der Waals surface area contributed by atoms with Crippen molar-refractivity contribution in [1.29, 1.82) is 0 Å². The van der Waals surface area contributed by atoms with E-state index in [0.29, 0.717) is 19.5 Å². The Labute approximate surface area is 146 Å². The lowest BCUT2D eigenvalue weighted by molar-refractivity contribution is -0.913. The summed E-state index contributed by atoms with van der Waals surface area (Å²) in [6.07, 6.45) is 1.42. The number of carbonyl (C=O) groups excluding carboxylic acids is 3. The Hall–Kier alpha value is -2.41. The molecule has 2 aliphatic rings. The quantitative estimate of drug-likeness (QED) is 0.588. The van der Waals surface area contributed by atoms with Crippen LogP contribution in [0.15, 0.2) is 30.3 Å². The first-order valence-corrected chi connectivity index (χ1v) is 8.56. The lowest BCUT2D eigenvalue weighted by Gasteiger charge is -2.30. The number of imide groups is 1. The molecular weight excluding hydrogens is 322 g/mol. The smallest absolute Gasteiger partial charge is 0.329 e. The van der Waals surface area contributed by atoms with Gasteiger partial charge in [-0.3, -0.25) is 9.59 Å². The molecule has 2 saturated heterocycles. The summed E-state index contributed by atoms with van der Waals surface area (Å²) >= 11 is 0. The normalized spacial score (nSPS) is 29.4. The molecule has 134 valence electrons. The number of quaternary nitrogens is 1. The fourth-order valence-electron chi connectivity index (χ4n) is 3.62. The molecule has 1 aromatic carbocycles. The molecule has 7 heteroatoms. The number of benzene rings is 1. The Kier molecular flexibility index (Phi) is 4.76. The lowest BCUT2D eigenvalue weighted by atomic mass is 9.92. The summed E-state index contributed by atoms with van der Waals surface area (Å²) in [6.45, 7) is 3.53. The number of methoxy groups -OCH3 is 1. The van der Waals surface area contributed by atoms with Crippen molar-refractivity contribution >= 4 is 17.9 Å². The molecule has 2 aliphatic heterocycles. The number of hydrogen-bond donors (Lipinski definition) is 2. The Morgan fingerprint density at radius 2 is 1.92 bits per heavy atom. The van der Waals surface area contributed by atoms with Gasteiger partial charge in [-0.2, -0.15) is 0 Å². The van der Waals surface area contributed by atoms with Gasteiger partial charge in [-0.25, -0.2) is 9.69 Å². The Balaban J connectivity index is 1.65. The van der Waals surface area contributed by atoms with Crippen LogP contribution >= 0.6 is 0 Å². The monoisotopic (exact) mass is 346 g/mol. The van der Waals surface area contributed by atoms with E-state index in [-0.39, 0.29) is 23.8 Å². The zero-order valence-corrected chi connectivity index (χ0v) is 14.6. The zero-order chi connectivity index (χ0) is 18.0. The Morgan fingerprint density at radius 3 is 2.52 bits per heavy atom. The van der Waals surface area contributed by atoms with E-state index in [4.69, 9.17) is 4.74 Å². The van der Waals surface area contributed by atoms with E-state index in [1.54, 1.807) is 6.92 Å². The Morgan fingerprint density at radius 1 is 1.28 bits per heavy atom. The van der Waals surface area contributed by atoms with Gasteiger partial charge in [-0.15, -0.1) is 0 Å². The van der Waals surface area contributed by atoms with Crippen molar-refractivity contribution in [2.24, 2.45) is 5.92 Å². The van der Waals surface area contributed by atoms with Crippen LogP contribution in [0, 0.1) is 5.92 Å². The van der Waals surface area contributed by atoms with Crippen LogP contribution in [-0.4, -0.2) is 49.7 Å². The van der Waals surface area contributed by atoms with Crippen LogP contribution in [0.4, 0.5) is 4.79 Å². The van der Waals surface area contributed by atoms with Gasteiger partial charge in [0.1, 0.15) is 5.54 Å². The fourth-order valence-corrected chi connectivity index (χ4v) is 3.62. The zero-order valence-electron chi connectivity index (χ0n) is 14.6. The van der Waals surface area contributed by atoms with Crippen LogP contribution in [0.25, 0.3) is 0 Å². The van der Waals surface area contributed by atoms with Crippen molar-refractivity contribution in [3.63, 3.8) is 0 Å². The third kappa shape index (κ3) is 3.24. The minimum Gasteiger partial charge on any atom is -0.469 e. The van der Waals surface area contributed by atoms with Crippen molar-refractivity contribution in [1.82, 2.24) is 10.2 Å². The van der Waals surface area contributed by atoms with Crippen LogP contribution in [0.3, 0.4) is 0 Å². The number of piperidine rings is 1. The summed E-state index contributed by atoms with van der Waals surface area (Å²) < 4.78 is 4.79. The molecule has 1 atom stereocenters. The predicted molar refractivity (Wildman–Crippen MR) is 89.5 cm³/mol. The van der Waals surface area contributed by atoms with E-state index >= 15 is 0 Å². The van der Waals surface area contributed by atoms with Crippen molar-refractivity contribution < 1.29 is 24.0 Å². The number of carbonyl (C=O) groups is 3. The summed E-state index contributed by atoms with van der Waals surface area (Å²) in [5, 5.41) is 2.82. The molecule has 0 spiro atoms. The average molecular weight is 346 g/mol. The molecule has 3 rings (SSSR count). The molecule has 7 nitrogen and oxygen atoms in total. The summed E-state index contributed by atoms with van der Waals surface area (Å²) in [6, 6.07) is 8.91. The molecule has 2 heterocycles. The second-order valence-corrected chi connectivity index (χ2v) is 6.86. The second kappa shape index (κ2) is 6.84. The van der Waals surface area contributed by atoms with Gasteiger partial charge in [-0.1, -0.05) is 30.3 Å². The maximum absolute atomic E-state index is 12.9. The van der Waals surface area contributed by atoms with Gasteiger partial charge < -0.3 is 15.0 Å². The van der Waals surface area contributed by atoms with Crippen molar-refractivity contribution in [3.05, 3.63) is 35.9 Å². The molecule has 25 heavy (non-hydrogen) atoms. The summed E-state index contributed by atoms with van der Waals surface area (Å²) in [5.41, 5.74) is -0.252. The van der Waals surface area contributed by atoms with Crippen LogP contribution in [-0.2, 0) is 19.9 Å². The minimum absolute atomic E-state index is 0.0774. The number of likely N-dealkylation sites (tertiary alicyclic amines) is 1. The number of esters is 1. The van der Waals surface area contributed by atoms with E-state index in [0.717, 1.165) is 23.6 Å². The second-order valence-electron chi connectivity index (χ2n) is 6.86. The predicted octanol–water partition coefficient (Wildman–Crippen LogP) is -0.121. The Bertz CT molecular complexity index is 670. The first kappa shape index (κ1) is 17.4. The maximum atomic E-state index is 12.9. The van der Waals surface area contributed by atoms with Gasteiger partial charge in [0.05, 0.1) is 26.1 Å². The number of nitrogens with zero attached hydrogens (tertiary/aromatic N) is 1. The average Bonchev–Trinajstić information content (AvgIpc) is 2.86. The minimum atomic E-state index is -1.03. The van der Waals surface area contributed by atoms with Gasteiger partial charge in [0.2, 0.25) is 0 Å².